The van der Waals surface area contributed by atoms with E-state index in [0.29, 0.717) is 0 Å². The predicted octanol–water partition coefficient (Wildman–Crippen LogP) is 0.0211. The monoisotopic (exact) mass is 470 g/mol. The van der Waals surface area contributed by atoms with E-state index in [-0.39, 0.29) is 44.8 Å². The quantitative estimate of drug-likeness (QED) is 0.227. The predicted molar refractivity (Wildman–Crippen MR) is 17.7 cm³/mol. The topological polar surface area (TPSA) is 44.1 Å². The van der Waals surface area contributed by atoms with Crippen LogP contribution >= 0.6 is 0 Å². The van der Waals surface area contributed by atoms with Crippen LogP contribution in [-0.4, -0.2) is 10.3 Å². The maximum Gasteiger partial charge on any atom is 1.00 e. The number of rotatable bonds is 0. The van der Waals surface area contributed by atoms with Gasteiger partial charge in [0.15, 0.2) is 0 Å². The van der Waals surface area contributed by atoms with Crippen LogP contribution in [0.4, 0.5) is 0 Å². The second-order valence-electron chi connectivity index (χ2n) is 0.305. The number of hydrogen-bond donors (Lipinski definition) is 2. The Morgan fingerprint density at radius 2 is 1.67 bits per heavy atom. The molecule has 0 aliphatic heterocycles. The van der Waals surface area contributed by atoms with Crippen molar-refractivity contribution >= 4 is 17.9 Å². The molecule has 0 aromatic heterocycles. The molecule has 45 valence electrons. The van der Waals surface area contributed by atoms with Crippen molar-refractivity contribution in [1.29, 1.82) is 5.41 Å². The molecule has 0 saturated carbocycles. The molecule has 6 heavy (non-hydrogen) atoms. The SMILES string of the molecule is N=C(O)[S-].[Au+].[Au]. The smallest absolute Gasteiger partial charge is 0.723 e. The molecule has 0 aliphatic carbocycles. The first-order valence-corrected chi connectivity index (χ1v) is 1.09. The third-order valence-corrected chi connectivity index (χ3v) is 0. The number of nitrogens with one attached hydrogen (secondary N) is 1. The standard InChI is InChI=1S/CH3NOS.2Au/c2-1(3)4;;/h(H3,2,3,4);;/q;;+1/p-1. The molecule has 0 fully saturated rings. The first kappa shape index (κ1) is 15.7. The minimum atomic E-state index is -0.750. The van der Waals surface area contributed by atoms with Crippen LogP contribution in [0.2, 0.25) is 0 Å². The summed E-state index contributed by atoms with van der Waals surface area (Å²) in [5, 5.41) is 12.6. The van der Waals surface area contributed by atoms with E-state index in [1.54, 1.807) is 0 Å². The summed E-state index contributed by atoms with van der Waals surface area (Å²) in [6.45, 7) is 0. The Morgan fingerprint density at radius 1 is 1.67 bits per heavy atom. The molecule has 0 aromatic carbocycles. The average Bonchev–Trinajstić information content (AvgIpc) is 0.811. The summed E-state index contributed by atoms with van der Waals surface area (Å²) in [6.07, 6.45) is 0. The second-order valence-corrected chi connectivity index (χ2v) is 0.692. The van der Waals surface area contributed by atoms with Gasteiger partial charge in [0.1, 0.15) is 0 Å². The van der Waals surface area contributed by atoms with Gasteiger partial charge in [-0.2, -0.15) is 0 Å². The van der Waals surface area contributed by atoms with E-state index in [4.69, 9.17) is 10.5 Å². The van der Waals surface area contributed by atoms with Crippen molar-refractivity contribution in [3.63, 3.8) is 0 Å². The van der Waals surface area contributed by atoms with Crippen LogP contribution in [0.5, 0.6) is 0 Å². The Hall–Kier alpha value is 1.17. The molecule has 0 heterocycles. The minimum absolute atomic E-state index is 0. The number of hydrogen-bond acceptors (Lipinski definition) is 2. The molecule has 0 saturated heterocycles. The third-order valence-electron chi connectivity index (χ3n) is 0. The molecular weight excluding hydrogens is 468 g/mol. The van der Waals surface area contributed by atoms with Crippen LogP contribution in [0.1, 0.15) is 0 Å². The van der Waals surface area contributed by atoms with Gasteiger partial charge in [0.2, 0.25) is 0 Å². The van der Waals surface area contributed by atoms with E-state index in [0.717, 1.165) is 0 Å². The van der Waals surface area contributed by atoms with Crippen LogP contribution in [-0.2, 0) is 57.4 Å². The van der Waals surface area contributed by atoms with E-state index in [2.05, 4.69) is 12.6 Å². The molecule has 0 aromatic rings. The molecule has 2 nitrogen and oxygen atoms in total. The van der Waals surface area contributed by atoms with E-state index in [9.17, 15) is 0 Å². The molecule has 1 radical (unpaired) electrons. The Bertz CT molecular complexity index is 36.5. The fraction of sp³-hybridized carbons (Fsp3) is 0. The molecular formula is CH2Au2NOS. The summed E-state index contributed by atoms with van der Waals surface area (Å²) in [4.78, 5) is 0. The summed E-state index contributed by atoms with van der Waals surface area (Å²) in [5.41, 5.74) is 0. The number of aliphatic hydroxyl groups excluding tert-OH is 1. The summed E-state index contributed by atoms with van der Waals surface area (Å²) < 4.78 is 0. The van der Waals surface area contributed by atoms with E-state index < -0.39 is 5.23 Å². The van der Waals surface area contributed by atoms with E-state index in [1.165, 1.54) is 0 Å². The van der Waals surface area contributed by atoms with Gasteiger partial charge in [-0.15, -0.1) is 0 Å². The van der Waals surface area contributed by atoms with Crippen LogP contribution in [0.15, 0.2) is 0 Å². The first-order chi connectivity index (χ1) is 1.73. The molecule has 0 atom stereocenters. The maximum absolute atomic E-state index is 7.45. The number of aliphatic hydroxyl groups is 1. The Kier molecular flexibility index (Phi) is 24.8. The van der Waals surface area contributed by atoms with Crippen molar-refractivity contribution in [1.82, 2.24) is 0 Å². The fourth-order valence-corrected chi connectivity index (χ4v) is 0. The Balaban J connectivity index is -0.0000000450. The van der Waals surface area contributed by atoms with E-state index in [1.807, 2.05) is 0 Å². The fourth-order valence-electron chi connectivity index (χ4n) is 0. The van der Waals surface area contributed by atoms with Gasteiger partial charge in [-0.1, -0.05) is 0 Å². The van der Waals surface area contributed by atoms with Crippen molar-refractivity contribution in [3.05, 3.63) is 0 Å². The van der Waals surface area contributed by atoms with Crippen LogP contribution in [0.3, 0.4) is 0 Å². The van der Waals surface area contributed by atoms with Gasteiger partial charge in [0, 0.05) is 22.4 Å². The van der Waals surface area contributed by atoms with Crippen molar-refractivity contribution in [2.75, 3.05) is 0 Å². The van der Waals surface area contributed by atoms with Crippen LogP contribution in [0.25, 0.3) is 0 Å². The van der Waals surface area contributed by atoms with Crippen molar-refractivity contribution in [2.24, 2.45) is 0 Å². The molecule has 0 amide bonds. The van der Waals surface area contributed by atoms with Gasteiger partial charge >= 0.3 is 22.4 Å². The summed E-state index contributed by atoms with van der Waals surface area (Å²) >= 11 is 3.76. The first-order valence-electron chi connectivity index (χ1n) is 0.678. The van der Waals surface area contributed by atoms with Crippen molar-refractivity contribution < 1.29 is 49.9 Å². The van der Waals surface area contributed by atoms with Gasteiger partial charge in [-0.25, -0.2) is 0 Å². The molecule has 0 unspecified atom stereocenters. The third kappa shape index (κ3) is 65.6. The zero-order valence-electron chi connectivity index (χ0n) is 2.46. The molecule has 2 N–H and O–H groups in total. The molecule has 0 rings (SSSR count). The Labute approximate surface area is 72.6 Å². The maximum atomic E-state index is 7.45. The van der Waals surface area contributed by atoms with Gasteiger partial charge in [-0.3, -0.25) is 5.41 Å². The van der Waals surface area contributed by atoms with E-state index >= 15 is 0 Å². The molecule has 0 spiro atoms. The molecule has 0 bridgehead atoms. The largest absolute Gasteiger partial charge is 1.00 e. The van der Waals surface area contributed by atoms with Crippen molar-refractivity contribution in [2.45, 2.75) is 0 Å². The summed E-state index contributed by atoms with van der Waals surface area (Å²) in [6, 6.07) is 0. The van der Waals surface area contributed by atoms with Crippen molar-refractivity contribution in [3.8, 4) is 0 Å². The van der Waals surface area contributed by atoms with Crippen LogP contribution in [0, 0.1) is 5.41 Å². The second kappa shape index (κ2) is 9.48. The van der Waals surface area contributed by atoms with Gasteiger partial charge < -0.3 is 17.7 Å². The zero-order chi connectivity index (χ0) is 3.58. The Morgan fingerprint density at radius 3 is 1.67 bits per heavy atom. The minimum Gasteiger partial charge on any atom is -0.723 e. The normalized spacial score (nSPS) is 4.00. The zero-order valence-corrected chi connectivity index (χ0v) is 7.61. The van der Waals surface area contributed by atoms with Gasteiger partial charge in [0.05, 0.1) is 5.23 Å². The average molecular weight is 470 g/mol. The van der Waals surface area contributed by atoms with Gasteiger partial charge in [0.25, 0.3) is 0 Å². The molecule has 5 heteroatoms. The van der Waals surface area contributed by atoms with Gasteiger partial charge in [-0.05, 0) is 0 Å². The summed E-state index contributed by atoms with van der Waals surface area (Å²) in [5.74, 6) is 0. The van der Waals surface area contributed by atoms with Crippen LogP contribution < -0.4 is 0 Å². The summed E-state index contributed by atoms with van der Waals surface area (Å²) in [7, 11) is 0. The molecule has 0 aliphatic rings.